The van der Waals surface area contributed by atoms with Gasteiger partial charge in [0.2, 0.25) is 5.91 Å². The topological polar surface area (TPSA) is 50.4 Å². The van der Waals surface area contributed by atoms with Crippen LogP contribution in [0, 0.1) is 0 Å². The number of amides is 1. The van der Waals surface area contributed by atoms with Gasteiger partial charge in [0.25, 0.3) is 0 Å². The van der Waals surface area contributed by atoms with Crippen molar-refractivity contribution in [3.05, 3.63) is 23.8 Å². The van der Waals surface area contributed by atoms with E-state index in [2.05, 4.69) is 10.6 Å². The van der Waals surface area contributed by atoms with Crippen LogP contribution in [0.2, 0.25) is 0 Å². The molecule has 2 rings (SSSR count). The molecule has 0 bridgehead atoms. The molecule has 0 saturated carbocycles. The largest absolute Gasteiger partial charge is 0.489 e. The quantitative estimate of drug-likeness (QED) is 0.831. The maximum Gasteiger partial charge on any atom is 0.224 e. The number of likely N-dealkylation sites (N-methyl/N-ethyl adjacent to an activating group) is 1. The summed E-state index contributed by atoms with van der Waals surface area (Å²) in [6.07, 6.45) is 1.48. The van der Waals surface area contributed by atoms with E-state index in [1.54, 1.807) is 0 Å². The lowest BCUT2D eigenvalue weighted by atomic mass is 10.0. The number of nitrogens with one attached hydrogen (secondary N) is 2. The molecule has 0 saturated heterocycles. The summed E-state index contributed by atoms with van der Waals surface area (Å²) in [7, 11) is 1.91. The van der Waals surface area contributed by atoms with Crippen LogP contribution >= 0.6 is 0 Å². The van der Waals surface area contributed by atoms with Crippen molar-refractivity contribution in [2.24, 2.45) is 0 Å². The molecule has 4 nitrogen and oxygen atoms in total. The highest BCUT2D eigenvalue weighted by molar-refractivity contribution is 5.93. The smallest absolute Gasteiger partial charge is 0.224 e. The minimum atomic E-state index is 0.0923. The second-order valence-corrected chi connectivity index (χ2v) is 4.35. The molecule has 92 valence electrons. The van der Waals surface area contributed by atoms with Gasteiger partial charge in [-0.3, -0.25) is 4.79 Å². The first-order chi connectivity index (χ1) is 8.19. The molecule has 1 aliphatic heterocycles. The van der Waals surface area contributed by atoms with Crippen molar-refractivity contribution in [1.29, 1.82) is 0 Å². The maximum absolute atomic E-state index is 11.2. The fourth-order valence-electron chi connectivity index (χ4n) is 1.99. The summed E-state index contributed by atoms with van der Waals surface area (Å²) in [4.78, 5) is 11.2. The number of fused-ring (bicyclic) bond motifs is 1. The average Bonchev–Trinajstić information content (AvgIpc) is 2.29. The normalized spacial score (nSPS) is 16.0. The van der Waals surface area contributed by atoms with Crippen LogP contribution in [0.5, 0.6) is 5.75 Å². The molecule has 17 heavy (non-hydrogen) atoms. The Balaban J connectivity index is 2.08. The summed E-state index contributed by atoms with van der Waals surface area (Å²) < 4.78 is 5.77. The molecule has 4 heteroatoms. The van der Waals surface area contributed by atoms with Gasteiger partial charge in [0.15, 0.2) is 0 Å². The molecule has 1 atom stereocenters. The molecule has 0 radical (unpaired) electrons. The first kappa shape index (κ1) is 11.9. The molecular weight excluding hydrogens is 216 g/mol. The van der Waals surface area contributed by atoms with Gasteiger partial charge in [-0.2, -0.15) is 0 Å². The zero-order valence-corrected chi connectivity index (χ0v) is 10.2. The third-order valence-corrected chi connectivity index (χ3v) is 2.80. The van der Waals surface area contributed by atoms with Crippen molar-refractivity contribution in [2.45, 2.75) is 25.9 Å². The van der Waals surface area contributed by atoms with Gasteiger partial charge in [0.05, 0.1) is 0 Å². The van der Waals surface area contributed by atoms with E-state index in [1.165, 1.54) is 0 Å². The summed E-state index contributed by atoms with van der Waals surface area (Å²) in [6.45, 7) is 2.84. The third kappa shape index (κ3) is 2.97. The van der Waals surface area contributed by atoms with Crippen molar-refractivity contribution in [3.8, 4) is 5.75 Å². The van der Waals surface area contributed by atoms with E-state index in [1.807, 2.05) is 32.2 Å². The lowest BCUT2D eigenvalue weighted by Gasteiger charge is -2.19. The number of hydrogen-bond donors (Lipinski definition) is 2. The predicted molar refractivity (Wildman–Crippen MR) is 67.4 cm³/mol. The fourth-order valence-corrected chi connectivity index (χ4v) is 1.99. The van der Waals surface area contributed by atoms with Gasteiger partial charge in [-0.15, -0.1) is 0 Å². The van der Waals surface area contributed by atoms with Crippen LogP contribution in [-0.4, -0.2) is 25.6 Å². The zero-order valence-electron chi connectivity index (χ0n) is 10.2. The van der Waals surface area contributed by atoms with E-state index >= 15 is 0 Å². The van der Waals surface area contributed by atoms with Crippen LogP contribution in [0.3, 0.4) is 0 Å². The second kappa shape index (κ2) is 5.19. The standard InChI is InChI=1S/C13H18N2O2/c1-9(8-14-2)17-11-4-5-12-10(7-11)3-6-13(16)15-12/h4-5,7,9,14H,3,6,8H2,1-2H3,(H,15,16). The Labute approximate surface area is 101 Å². The van der Waals surface area contributed by atoms with Gasteiger partial charge < -0.3 is 15.4 Å². The number of rotatable bonds is 4. The van der Waals surface area contributed by atoms with E-state index in [0.717, 1.165) is 30.0 Å². The van der Waals surface area contributed by atoms with E-state index in [0.29, 0.717) is 6.42 Å². The first-order valence-electron chi connectivity index (χ1n) is 5.93. The minimum Gasteiger partial charge on any atom is -0.489 e. The SMILES string of the molecule is CNCC(C)Oc1ccc2c(c1)CCC(=O)N2. The van der Waals surface area contributed by atoms with E-state index in [4.69, 9.17) is 4.74 Å². The molecule has 0 aromatic heterocycles. The highest BCUT2D eigenvalue weighted by Crippen LogP contribution is 2.27. The third-order valence-electron chi connectivity index (χ3n) is 2.80. The number of carbonyl (C=O) groups is 1. The summed E-state index contributed by atoms with van der Waals surface area (Å²) in [5.41, 5.74) is 2.06. The number of benzene rings is 1. The van der Waals surface area contributed by atoms with Crippen molar-refractivity contribution >= 4 is 11.6 Å². The van der Waals surface area contributed by atoms with E-state index in [9.17, 15) is 4.79 Å². The number of hydrogen-bond acceptors (Lipinski definition) is 3. The van der Waals surface area contributed by atoms with Crippen LogP contribution in [0.4, 0.5) is 5.69 Å². The Kier molecular flexibility index (Phi) is 3.64. The lowest BCUT2D eigenvalue weighted by Crippen LogP contribution is -2.26. The minimum absolute atomic E-state index is 0.0923. The summed E-state index contributed by atoms with van der Waals surface area (Å²) in [6, 6.07) is 5.82. The summed E-state index contributed by atoms with van der Waals surface area (Å²) >= 11 is 0. The van der Waals surface area contributed by atoms with Crippen molar-refractivity contribution < 1.29 is 9.53 Å². The number of carbonyl (C=O) groups excluding carboxylic acids is 1. The molecule has 1 aliphatic rings. The maximum atomic E-state index is 11.2. The number of anilines is 1. The molecule has 1 heterocycles. The highest BCUT2D eigenvalue weighted by atomic mass is 16.5. The zero-order chi connectivity index (χ0) is 12.3. The van der Waals surface area contributed by atoms with Gasteiger partial charge in [0.1, 0.15) is 11.9 Å². The van der Waals surface area contributed by atoms with Gasteiger partial charge in [-0.25, -0.2) is 0 Å². The Morgan fingerprint density at radius 2 is 2.29 bits per heavy atom. The molecule has 1 unspecified atom stereocenters. The fraction of sp³-hybridized carbons (Fsp3) is 0.462. The van der Waals surface area contributed by atoms with Gasteiger partial charge in [0, 0.05) is 18.7 Å². The summed E-state index contributed by atoms with van der Waals surface area (Å²) in [5, 5.41) is 5.93. The van der Waals surface area contributed by atoms with E-state index < -0.39 is 0 Å². The van der Waals surface area contributed by atoms with Gasteiger partial charge in [-0.1, -0.05) is 0 Å². The Morgan fingerprint density at radius 1 is 1.47 bits per heavy atom. The van der Waals surface area contributed by atoms with Gasteiger partial charge >= 0.3 is 0 Å². The summed E-state index contributed by atoms with van der Waals surface area (Å²) in [5.74, 6) is 0.956. The Hall–Kier alpha value is -1.55. The van der Waals surface area contributed by atoms with Crippen molar-refractivity contribution in [1.82, 2.24) is 5.32 Å². The molecular formula is C13H18N2O2. The predicted octanol–water partition coefficient (Wildman–Crippen LogP) is 1.56. The molecule has 0 fully saturated rings. The Morgan fingerprint density at radius 3 is 3.06 bits per heavy atom. The highest BCUT2D eigenvalue weighted by Gasteiger charge is 2.15. The Bertz CT molecular complexity index is 418. The molecule has 0 spiro atoms. The number of ether oxygens (including phenoxy) is 1. The number of aryl methyl sites for hydroxylation is 1. The van der Waals surface area contributed by atoms with Crippen LogP contribution in [0.15, 0.2) is 18.2 Å². The van der Waals surface area contributed by atoms with E-state index in [-0.39, 0.29) is 12.0 Å². The second-order valence-electron chi connectivity index (χ2n) is 4.35. The van der Waals surface area contributed by atoms with Crippen LogP contribution in [-0.2, 0) is 11.2 Å². The van der Waals surface area contributed by atoms with Crippen LogP contribution in [0.1, 0.15) is 18.9 Å². The average molecular weight is 234 g/mol. The molecule has 1 aromatic carbocycles. The van der Waals surface area contributed by atoms with Crippen molar-refractivity contribution in [2.75, 3.05) is 18.9 Å². The molecule has 1 aromatic rings. The monoisotopic (exact) mass is 234 g/mol. The van der Waals surface area contributed by atoms with Crippen LogP contribution in [0.25, 0.3) is 0 Å². The van der Waals surface area contributed by atoms with Gasteiger partial charge in [-0.05, 0) is 44.2 Å². The molecule has 1 amide bonds. The van der Waals surface area contributed by atoms with Crippen molar-refractivity contribution in [3.63, 3.8) is 0 Å². The first-order valence-corrected chi connectivity index (χ1v) is 5.93. The molecule has 0 aliphatic carbocycles. The lowest BCUT2D eigenvalue weighted by molar-refractivity contribution is -0.116. The molecule has 2 N–H and O–H groups in total. The van der Waals surface area contributed by atoms with Crippen LogP contribution < -0.4 is 15.4 Å².